The monoisotopic (exact) mass is 329 g/mol. The van der Waals surface area contributed by atoms with Crippen LogP contribution in [0.15, 0.2) is 41.5 Å². The Morgan fingerprint density at radius 3 is 2.75 bits per heavy atom. The molecule has 2 aromatic rings. The second kappa shape index (κ2) is 7.23. The number of carbonyl (C=O) groups excluding carboxylic acids is 1. The van der Waals surface area contributed by atoms with E-state index in [9.17, 15) is 20.0 Å². The minimum atomic E-state index is -0.756. The van der Waals surface area contributed by atoms with Gasteiger partial charge in [-0.2, -0.15) is 5.10 Å². The number of nitrogens with one attached hydrogen (secondary N) is 1. The molecule has 0 heterocycles. The fourth-order valence-electron chi connectivity index (χ4n) is 1.92. The van der Waals surface area contributed by atoms with Gasteiger partial charge in [0, 0.05) is 17.7 Å². The smallest absolute Gasteiger partial charge is 0.275 e. The van der Waals surface area contributed by atoms with Gasteiger partial charge in [0.25, 0.3) is 11.6 Å². The summed E-state index contributed by atoms with van der Waals surface area (Å²) in [5, 5.41) is 24.2. The average molecular weight is 329 g/mol. The highest BCUT2D eigenvalue weighted by molar-refractivity contribution is 5.98. The summed E-state index contributed by atoms with van der Waals surface area (Å²) in [4.78, 5) is 22.1. The fourth-order valence-corrected chi connectivity index (χ4v) is 1.92. The molecule has 0 saturated heterocycles. The summed E-state index contributed by atoms with van der Waals surface area (Å²) >= 11 is 0. The first-order valence-corrected chi connectivity index (χ1v) is 6.88. The number of nitro benzene ring substituents is 1. The molecule has 0 aliphatic carbocycles. The Morgan fingerprint density at radius 1 is 1.33 bits per heavy atom. The van der Waals surface area contributed by atoms with E-state index in [-0.39, 0.29) is 17.0 Å². The Morgan fingerprint density at radius 2 is 2.08 bits per heavy atom. The van der Waals surface area contributed by atoms with Crippen LogP contribution in [-0.2, 0) is 0 Å². The van der Waals surface area contributed by atoms with E-state index in [0.717, 1.165) is 29.3 Å². The third-order valence-electron chi connectivity index (χ3n) is 3.29. The van der Waals surface area contributed by atoms with Crippen molar-refractivity contribution in [3.8, 4) is 11.5 Å². The molecule has 24 heavy (non-hydrogen) atoms. The largest absolute Gasteiger partial charge is 0.507 e. The maximum atomic E-state index is 12.0. The van der Waals surface area contributed by atoms with Gasteiger partial charge in [0.15, 0.2) is 0 Å². The zero-order valence-electron chi connectivity index (χ0n) is 13.0. The molecule has 2 N–H and O–H groups in total. The molecule has 0 atom stereocenters. The topological polar surface area (TPSA) is 114 Å². The van der Waals surface area contributed by atoms with Gasteiger partial charge in [-0.15, -0.1) is 0 Å². The summed E-state index contributed by atoms with van der Waals surface area (Å²) < 4.78 is 5.11. The van der Waals surface area contributed by atoms with Crippen molar-refractivity contribution < 1.29 is 19.6 Å². The number of aryl methyl sites for hydroxylation is 1. The van der Waals surface area contributed by atoms with Crippen LogP contribution in [0.1, 0.15) is 21.5 Å². The van der Waals surface area contributed by atoms with E-state index < -0.39 is 10.8 Å². The Labute approximate surface area is 137 Å². The third-order valence-corrected chi connectivity index (χ3v) is 3.29. The minimum Gasteiger partial charge on any atom is -0.507 e. The predicted molar refractivity (Wildman–Crippen MR) is 87.6 cm³/mol. The van der Waals surface area contributed by atoms with E-state index in [1.165, 1.54) is 6.21 Å². The van der Waals surface area contributed by atoms with E-state index in [2.05, 4.69) is 10.5 Å². The van der Waals surface area contributed by atoms with Gasteiger partial charge in [0.1, 0.15) is 11.5 Å². The highest BCUT2D eigenvalue weighted by Crippen LogP contribution is 2.22. The normalized spacial score (nSPS) is 10.6. The number of aromatic hydroxyl groups is 1. The van der Waals surface area contributed by atoms with Crippen molar-refractivity contribution in [1.82, 2.24) is 5.43 Å². The summed E-state index contributed by atoms with van der Waals surface area (Å²) in [5.74, 6) is -0.483. The van der Waals surface area contributed by atoms with E-state index in [4.69, 9.17) is 4.74 Å². The second-order valence-electron chi connectivity index (χ2n) is 4.88. The molecule has 0 unspecified atom stereocenters. The van der Waals surface area contributed by atoms with Crippen LogP contribution in [0.2, 0.25) is 0 Å². The molecular formula is C16H15N3O5. The van der Waals surface area contributed by atoms with Crippen LogP contribution in [0, 0.1) is 17.0 Å². The first kappa shape index (κ1) is 16.9. The number of hydrazone groups is 1. The number of phenols is 1. The Balaban J connectivity index is 2.16. The maximum absolute atomic E-state index is 12.0. The number of ether oxygens (including phenoxy) is 1. The summed E-state index contributed by atoms with van der Waals surface area (Å²) in [6.45, 7) is 1.87. The summed E-state index contributed by atoms with van der Waals surface area (Å²) in [5.41, 5.74) is 3.35. The molecule has 2 rings (SSSR count). The molecule has 2 aromatic carbocycles. The number of nitrogens with zero attached hydrogens (tertiary/aromatic N) is 2. The van der Waals surface area contributed by atoms with E-state index in [0.29, 0.717) is 5.75 Å². The van der Waals surface area contributed by atoms with Crippen LogP contribution in [0.3, 0.4) is 0 Å². The Bertz CT molecular complexity index is 817. The summed E-state index contributed by atoms with van der Waals surface area (Å²) in [6, 6.07) is 8.56. The molecular weight excluding hydrogens is 314 g/mol. The molecule has 0 aliphatic rings. The molecule has 0 bridgehead atoms. The lowest BCUT2D eigenvalue weighted by Crippen LogP contribution is -2.18. The summed E-state index contributed by atoms with van der Waals surface area (Å²) in [7, 11) is 1.54. The van der Waals surface area contributed by atoms with Crippen molar-refractivity contribution in [2.24, 2.45) is 5.10 Å². The van der Waals surface area contributed by atoms with Gasteiger partial charge in [-0.1, -0.05) is 6.07 Å². The van der Waals surface area contributed by atoms with Crippen molar-refractivity contribution in [3.05, 3.63) is 63.2 Å². The summed E-state index contributed by atoms with van der Waals surface area (Å²) in [6.07, 6.45) is 1.42. The van der Waals surface area contributed by atoms with Crippen molar-refractivity contribution in [1.29, 1.82) is 0 Å². The van der Waals surface area contributed by atoms with Gasteiger partial charge in [-0.3, -0.25) is 14.9 Å². The number of hydrogen-bond donors (Lipinski definition) is 2. The molecule has 1 amide bonds. The van der Waals surface area contributed by atoms with Crippen molar-refractivity contribution in [2.45, 2.75) is 6.92 Å². The molecule has 0 aliphatic heterocycles. The lowest BCUT2D eigenvalue weighted by Gasteiger charge is -2.05. The van der Waals surface area contributed by atoms with Gasteiger partial charge in [0.2, 0.25) is 0 Å². The fraction of sp³-hybridized carbons (Fsp3) is 0.125. The number of non-ortho nitro benzene ring substituents is 1. The van der Waals surface area contributed by atoms with Crippen molar-refractivity contribution in [3.63, 3.8) is 0 Å². The van der Waals surface area contributed by atoms with Gasteiger partial charge < -0.3 is 9.84 Å². The lowest BCUT2D eigenvalue weighted by molar-refractivity contribution is -0.384. The van der Waals surface area contributed by atoms with Crippen LogP contribution >= 0.6 is 0 Å². The first-order chi connectivity index (χ1) is 11.4. The van der Waals surface area contributed by atoms with Crippen LogP contribution in [0.25, 0.3) is 0 Å². The standard InChI is InChI=1S/C16H15N3O5/c1-10-3-5-13(24-2)7-11(10)9-17-18-16(21)14-8-12(19(22)23)4-6-15(14)20/h3-9,20H,1-2H3,(H,18,21)/b17-9+. The number of nitro groups is 1. The maximum Gasteiger partial charge on any atom is 0.275 e. The second-order valence-corrected chi connectivity index (χ2v) is 4.88. The number of methoxy groups -OCH3 is 1. The number of amides is 1. The van der Waals surface area contributed by atoms with Crippen molar-refractivity contribution in [2.75, 3.05) is 7.11 Å². The molecule has 124 valence electrons. The first-order valence-electron chi connectivity index (χ1n) is 6.88. The Hall–Kier alpha value is -3.42. The number of benzene rings is 2. The van der Waals surface area contributed by atoms with Crippen LogP contribution in [0.5, 0.6) is 11.5 Å². The highest BCUT2D eigenvalue weighted by Gasteiger charge is 2.16. The molecule has 0 aromatic heterocycles. The van der Waals surface area contributed by atoms with Gasteiger partial charge in [-0.05, 0) is 30.7 Å². The number of phenolic OH excluding ortho intramolecular Hbond substituents is 1. The molecule has 0 spiro atoms. The average Bonchev–Trinajstić information content (AvgIpc) is 2.56. The number of hydrogen-bond acceptors (Lipinski definition) is 6. The SMILES string of the molecule is COc1ccc(C)c(/C=N/NC(=O)c2cc([N+](=O)[O-])ccc2O)c1. The molecule has 8 nitrogen and oxygen atoms in total. The van der Waals surface area contributed by atoms with Gasteiger partial charge in [0.05, 0.1) is 23.8 Å². The predicted octanol–water partition coefficient (Wildman–Crippen LogP) is 2.38. The van der Waals surface area contributed by atoms with E-state index in [1.807, 2.05) is 13.0 Å². The van der Waals surface area contributed by atoms with Crippen molar-refractivity contribution >= 4 is 17.8 Å². The van der Waals surface area contributed by atoms with E-state index >= 15 is 0 Å². The number of carbonyl (C=O) groups is 1. The van der Waals surface area contributed by atoms with Crippen LogP contribution in [-0.4, -0.2) is 29.3 Å². The van der Waals surface area contributed by atoms with Crippen LogP contribution < -0.4 is 10.2 Å². The quantitative estimate of drug-likeness (QED) is 0.496. The third kappa shape index (κ3) is 3.86. The lowest BCUT2D eigenvalue weighted by atomic mass is 10.1. The Kier molecular flexibility index (Phi) is 5.10. The molecule has 8 heteroatoms. The molecule has 0 saturated carbocycles. The minimum absolute atomic E-state index is 0.233. The van der Waals surface area contributed by atoms with Gasteiger partial charge in [-0.25, -0.2) is 5.43 Å². The highest BCUT2D eigenvalue weighted by atomic mass is 16.6. The molecule has 0 fully saturated rings. The molecule has 0 radical (unpaired) electrons. The van der Waals surface area contributed by atoms with Crippen LogP contribution in [0.4, 0.5) is 5.69 Å². The van der Waals surface area contributed by atoms with E-state index in [1.54, 1.807) is 19.2 Å². The van der Waals surface area contributed by atoms with Gasteiger partial charge >= 0.3 is 0 Å². The number of rotatable bonds is 5. The zero-order chi connectivity index (χ0) is 17.7. The zero-order valence-corrected chi connectivity index (χ0v) is 13.0.